The van der Waals surface area contributed by atoms with Crippen LogP contribution in [0.15, 0.2) is 0 Å². The van der Waals surface area contributed by atoms with Crippen molar-refractivity contribution in [3.63, 3.8) is 0 Å². The van der Waals surface area contributed by atoms with Crippen LogP contribution in [0.1, 0.15) is 25.7 Å². The van der Waals surface area contributed by atoms with E-state index in [0.717, 1.165) is 25.7 Å². The standard InChI is InChI=1S/C9H12F/c10-8-4-7-9-5-2-1-3-6-9/h1,9H,2-3,5-6,8H2. The fourth-order valence-corrected chi connectivity index (χ4v) is 1.25. The lowest BCUT2D eigenvalue weighted by molar-refractivity contribution is 0.495. The van der Waals surface area contributed by atoms with Gasteiger partial charge < -0.3 is 0 Å². The number of hydrogen-bond acceptors (Lipinski definition) is 0. The Morgan fingerprint density at radius 3 is 2.70 bits per heavy atom. The molecule has 0 spiro atoms. The Morgan fingerprint density at radius 1 is 1.40 bits per heavy atom. The van der Waals surface area contributed by atoms with Crippen LogP contribution in [0.5, 0.6) is 0 Å². The highest BCUT2D eigenvalue weighted by atomic mass is 19.1. The molecule has 1 rings (SSSR count). The van der Waals surface area contributed by atoms with Crippen molar-refractivity contribution in [2.24, 2.45) is 5.92 Å². The average Bonchev–Trinajstić information content (AvgIpc) is 2.03. The highest BCUT2D eigenvalue weighted by Gasteiger charge is 2.09. The minimum Gasteiger partial charge on any atom is -0.237 e. The van der Waals surface area contributed by atoms with Crippen LogP contribution in [-0.4, -0.2) is 6.67 Å². The van der Waals surface area contributed by atoms with E-state index in [9.17, 15) is 4.39 Å². The summed E-state index contributed by atoms with van der Waals surface area (Å²) in [6.07, 6.45) is 6.87. The first-order valence-corrected chi connectivity index (χ1v) is 3.79. The molecule has 0 atom stereocenters. The van der Waals surface area contributed by atoms with E-state index in [0.29, 0.717) is 5.92 Å². The SMILES string of the molecule is FCC#CC1CC[CH]CC1. The Kier molecular flexibility index (Phi) is 3.29. The maximum atomic E-state index is 11.6. The van der Waals surface area contributed by atoms with Crippen LogP contribution in [0.3, 0.4) is 0 Å². The molecular weight excluding hydrogens is 127 g/mol. The number of rotatable bonds is 0. The molecule has 0 unspecified atom stereocenters. The van der Waals surface area contributed by atoms with Gasteiger partial charge in [-0.1, -0.05) is 11.8 Å². The van der Waals surface area contributed by atoms with Crippen LogP contribution in [-0.2, 0) is 0 Å². The zero-order valence-corrected chi connectivity index (χ0v) is 6.07. The Bertz CT molecular complexity index is 135. The van der Waals surface area contributed by atoms with Gasteiger partial charge in [-0.25, -0.2) is 4.39 Å². The topological polar surface area (TPSA) is 0 Å². The first-order chi connectivity index (χ1) is 4.93. The predicted octanol–water partition coefficient (Wildman–Crippen LogP) is 2.35. The van der Waals surface area contributed by atoms with Crippen LogP contribution in [0.25, 0.3) is 0 Å². The third kappa shape index (κ3) is 2.39. The quantitative estimate of drug-likeness (QED) is 0.452. The molecule has 0 amide bonds. The third-order valence-corrected chi connectivity index (χ3v) is 1.81. The van der Waals surface area contributed by atoms with Gasteiger partial charge in [0.15, 0.2) is 0 Å². The Labute approximate surface area is 61.8 Å². The van der Waals surface area contributed by atoms with Gasteiger partial charge in [-0.05, 0) is 32.1 Å². The van der Waals surface area contributed by atoms with Gasteiger partial charge in [-0.15, -0.1) is 0 Å². The summed E-state index contributed by atoms with van der Waals surface area (Å²) in [5, 5.41) is 0. The maximum Gasteiger partial charge on any atom is 0.150 e. The Morgan fingerprint density at radius 2 is 2.10 bits per heavy atom. The van der Waals surface area contributed by atoms with Crippen LogP contribution in [0.4, 0.5) is 4.39 Å². The summed E-state index contributed by atoms with van der Waals surface area (Å²) in [7, 11) is 0. The first kappa shape index (κ1) is 7.60. The van der Waals surface area contributed by atoms with Crippen molar-refractivity contribution in [1.29, 1.82) is 0 Å². The van der Waals surface area contributed by atoms with E-state index in [-0.39, 0.29) is 0 Å². The molecule has 0 N–H and O–H groups in total. The summed E-state index contributed by atoms with van der Waals surface area (Å²) in [6.45, 7) is -0.486. The lowest BCUT2D eigenvalue weighted by atomic mass is 9.90. The van der Waals surface area contributed by atoms with Gasteiger partial charge in [-0.2, -0.15) is 0 Å². The van der Waals surface area contributed by atoms with E-state index in [2.05, 4.69) is 18.3 Å². The molecule has 0 bridgehead atoms. The van der Waals surface area contributed by atoms with Crippen molar-refractivity contribution < 1.29 is 4.39 Å². The molecule has 0 heterocycles. The molecule has 0 aromatic heterocycles. The van der Waals surface area contributed by atoms with Crippen molar-refractivity contribution in [2.75, 3.05) is 6.67 Å². The number of alkyl halides is 1. The van der Waals surface area contributed by atoms with Crippen molar-refractivity contribution in [3.05, 3.63) is 6.42 Å². The van der Waals surface area contributed by atoms with Crippen LogP contribution in [0, 0.1) is 24.2 Å². The second kappa shape index (κ2) is 4.33. The first-order valence-electron chi connectivity index (χ1n) is 3.79. The zero-order chi connectivity index (χ0) is 7.23. The minimum absolute atomic E-state index is 0.473. The molecule has 0 aliphatic heterocycles. The summed E-state index contributed by atoms with van der Waals surface area (Å²) in [5.41, 5.74) is 0. The molecule has 1 saturated carbocycles. The van der Waals surface area contributed by atoms with E-state index in [1.165, 1.54) is 0 Å². The van der Waals surface area contributed by atoms with Gasteiger partial charge in [-0.3, -0.25) is 0 Å². The molecule has 55 valence electrons. The molecular formula is C9H12F. The van der Waals surface area contributed by atoms with Gasteiger partial charge in [0.25, 0.3) is 0 Å². The number of halogens is 1. The summed E-state index contributed by atoms with van der Waals surface area (Å²) < 4.78 is 11.6. The summed E-state index contributed by atoms with van der Waals surface area (Å²) in [6, 6.07) is 0. The van der Waals surface area contributed by atoms with Gasteiger partial charge in [0.1, 0.15) is 6.67 Å². The maximum absolute atomic E-state index is 11.6. The highest BCUT2D eigenvalue weighted by Crippen LogP contribution is 2.21. The lowest BCUT2D eigenvalue weighted by Gasteiger charge is -2.14. The Balaban J connectivity index is 2.25. The molecule has 1 radical (unpaired) electrons. The molecule has 1 heteroatoms. The van der Waals surface area contributed by atoms with Gasteiger partial charge in [0.05, 0.1) is 0 Å². The predicted molar refractivity (Wildman–Crippen MR) is 40.0 cm³/mol. The summed E-state index contributed by atoms with van der Waals surface area (Å²) >= 11 is 0. The van der Waals surface area contributed by atoms with Crippen molar-refractivity contribution in [2.45, 2.75) is 25.7 Å². The summed E-state index contributed by atoms with van der Waals surface area (Å²) in [5.74, 6) is 5.89. The monoisotopic (exact) mass is 139 g/mol. The van der Waals surface area contributed by atoms with Crippen molar-refractivity contribution >= 4 is 0 Å². The van der Waals surface area contributed by atoms with Gasteiger partial charge in [0, 0.05) is 5.92 Å². The Hall–Kier alpha value is -0.510. The van der Waals surface area contributed by atoms with Crippen molar-refractivity contribution in [3.8, 4) is 11.8 Å². The van der Waals surface area contributed by atoms with Crippen LogP contribution < -0.4 is 0 Å². The average molecular weight is 139 g/mol. The van der Waals surface area contributed by atoms with E-state index in [1.807, 2.05) is 0 Å². The molecule has 0 nitrogen and oxygen atoms in total. The van der Waals surface area contributed by atoms with Crippen LogP contribution in [0.2, 0.25) is 0 Å². The molecule has 1 aliphatic carbocycles. The summed E-state index contributed by atoms with van der Waals surface area (Å²) in [4.78, 5) is 0. The fourth-order valence-electron chi connectivity index (χ4n) is 1.25. The van der Waals surface area contributed by atoms with E-state index in [1.54, 1.807) is 0 Å². The molecule has 0 saturated heterocycles. The van der Waals surface area contributed by atoms with E-state index in [4.69, 9.17) is 0 Å². The van der Waals surface area contributed by atoms with E-state index < -0.39 is 6.67 Å². The highest BCUT2D eigenvalue weighted by molar-refractivity contribution is 5.05. The molecule has 10 heavy (non-hydrogen) atoms. The zero-order valence-electron chi connectivity index (χ0n) is 6.07. The second-order valence-corrected chi connectivity index (χ2v) is 2.60. The van der Waals surface area contributed by atoms with E-state index >= 15 is 0 Å². The lowest BCUT2D eigenvalue weighted by Crippen LogP contribution is -2.03. The molecule has 0 aromatic carbocycles. The smallest absolute Gasteiger partial charge is 0.150 e. The van der Waals surface area contributed by atoms with Crippen molar-refractivity contribution in [1.82, 2.24) is 0 Å². The normalized spacial score (nSPS) is 19.7. The van der Waals surface area contributed by atoms with Crippen LogP contribution >= 0.6 is 0 Å². The second-order valence-electron chi connectivity index (χ2n) is 2.60. The van der Waals surface area contributed by atoms with Gasteiger partial charge >= 0.3 is 0 Å². The number of hydrogen-bond donors (Lipinski definition) is 0. The molecule has 1 fully saturated rings. The largest absolute Gasteiger partial charge is 0.237 e. The molecule has 1 aliphatic rings. The minimum atomic E-state index is -0.486. The fraction of sp³-hybridized carbons (Fsp3) is 0.667. The third-order valence-electron chi connectivity index (χ3n) is 1.81. The van der Waals surface area contributed by atoms with Gasteiger partial charge in [0.2, 0.25) is 0 Å². The molecule has 0 aromatic rings.